The molecule has 0 saturated carbocycles. The Labute approximate surface area is 82.3 Å². The molecule has 0 unspecified atom stereocenters. The summed E-state index contributed by atoms with van der Waals surface area (Å²) in [7, 11) is 0. The topological polar surface area (TPSA) is 29.5 Å². The van der Waals surface area contributed by atoms with Crippen molar-refractivity contribution in [2.24, 2.45) is 0 Å². The van der Waals surface area contributed by atoms with Crippen LogP contribution in [-0.4, -0.2) is 24.4 Å². The van der Waals surface area contributed by atoms with Gasteiger partial charge >= 0.3 is 0 Å². The van der Waals surface area contributed by atoms with E-state index in [0.29, 0.717) is 12.7 Å². The summed E-state index contributed by atoms with van der Waals surface area (Å²) in [5.74, 6) is 0. The molecular weight excluding hydrogens is 164 g/mol. The van der Waals surface area contributed by atoms with Gasteiger partial charge in [0.15, 0.2) is 0 Å². The van der Waals surface area contributed by atoms with Gasteiger partial charge in [0, 0.05) is 13.2 Å². The Kier molecular flexibility index (Phi) is 9.94. The maximum Gasteiger partial charge on any atom is 0.0569 e. The van der Waals surface area contributed by atoms with E-state index in [2.05, 4.69) is 13.8 Å². The second-order valence-corrected chi connectivity index (χ2v) is 3.45. The van der Waals surface area contributed by atoms with Crippen molar-refractivity contribution in [3.05, 3.63) is 0 Å². The van der Waals surface area contributed by atoms with Crippen molar-refractivity contribution >= 4 is 0 Å². The van der Waals surface area contributed by atoms with Crippen molar-refractivity contribution in [2.75, 3.05) is 13.2 Å². The molecule has 0 aromatic carbocycles. The van der Waals surface area contributed by atoms with Gasteiger partial charge < -0.3 is 9.84 Å². The van der Waals surface area contributed by atoms with E-state index in [1.54, 1.807) is 0 Å². The molecule has 0 aliphatic carbocycles. The van der Waals surface area contributed by atoms with E-state index in [9.17, 15) is 0 Å². The molecule has 0 amide bonds. The highest BCUT2D eigenvalue weighted by atomic mass is 16.5. The predicted octanol–water partition coefficient (Wildman–Crippen LogP) is 2.74. The van der Waals surface area contributed by atoms with Gasteiger partial charge in [-0.05, 0) is 25.7 Å². The van der Waals surface area contributed by atoms with E-state index in [-0.39, 0.29) is 0 Å². The van der Waals surface area contributed by atoms with Crippen LogP contribution in [0.1, 0.15) is 52.4 Å². The summed E-state index contributed by atoms with van der Waals surface area (Å²) >= 11 is 0. The molecule has 0 aromatic heterocycles. The van der Waals surface area contributed by atoms with Crippen LogP contribution in [0.4, 0.5) is 0 Å². The highest BCUT2D eigenvalue weighted by molar-refractivity contribution is 4.51. The SMILES string of the molecule is CCC(CC)OCCCCCCO. The molecule has 0 rings (SSSR count). The molecule has 2 nitrogen and oxygen atoms in total. The first kappa shape index (κ1) is 12.9. The molecule has 0 fully saturated rings. The Morgan fingerprint density at radius 3 is 2.15 bits per heavy atom. The lowest BCUT2D eigenvalue weighted by molar-refractivity contribution is 0.0455. The molecule has 0 bridgehead atoms. The van der Waals surface area contributed by atoms with E-state index >= 15 is 0 Å². The monoisotopic (exact) mass is 188 g/mol. The Balaban J connectivity index is 3.05. The first-order valence-electron chi connectivity index (χ1n) is 5.57. The molecule has 0 radical (unpaired) electrons. The average molecular weight is 188 g/mol. The minimum atomic E-state index is 0.327. The fourth-order valence-corrected chi connectivity index (χ4v) is 1.34. The number of rotatable bonds is 9. The minimum Gasteiger partial charge on any atom is -0.396 e. The van der Waals surface area contributed by atoms with Crippen LogP contribution in [0.5, 0.6) is 0 Å². The predicted molar refractivity (Wildman–Crippen MR) is 55.9 cm³/mol. The van der Waals surface area contributed by atoms with E-state index < -0.39 is 0 Å². The maximum atomic E-state index is 8.56. The first-order valence-corrected chi connectivity index (χ1v) is 5.57. The van der Waals surface area contributed by atoms with E-state index in [1.165, 1.54) is 6.42 Å². The number of aliphatic hydroxyl groups excluding tert-OH is 1. The Morgan fingerprint density at radius 1 is 1.00 bits per heavy atom. The molecule has 13 heavy (non-hydrogen) atoms. The van der Waals surface area contributed by atoms with Gasteiger partial charge in [-0.3, -0.25) is 0 Å². The van der Waals surface area contributed by atoms with Crippen molar-refractivity contribution in [1.29, 1.82) is 0 Å². The summed E-state index contributed by atoms with van der Waals surface area (Å²) in [4.78, 5) is 0. The summed E-state index contributed by atoms with van der Waals surface area (Å²) in [5, 5.41) is 8.56. The third-order valence-electron chi connectivity index (χ3n) is 2.32. The van der Waals surface area contributed by atoms with E-state index in [1.807, 2.05) is 0 Å². The highest BCUT2D eigenvalue weighted by Crippen LogP contribution is 2.05. The van der Waals surface area contributed by atoms with Gasteiger partial charge in [-0.2, -0.15) is 0 Å². The van der Waals surface area contributed by atoms with Crippen molar-refractivity contribution in [1.82, 2.24) is 0 Å². The second kappa shape index (κ2) is 10.0. The minimum absolute atomic E-state index is 0.327. The summed E-state index contributed by atoms with van der Waals surface area (Å²) in [6.45, 7) is 5.55. The van der Waals surface area contributed by atoms with Crippen LogP contribution in [0.2, 0.25) is 0 Å². The van der Waals surface area contributed by atoms with Gasteiger partial charge in [0.05, 0.1) is 6.10 Å². The molecular formula is C11H24O2. The molecule has 1 N–H and O–H groups in total. The quantitative estimate of drug-likeness (QED) is 0.564. The third-order valence-corrected chi connectivity index (χ3v) is 2.32. The van der Waals surface area contributed by atoms with Gasteiger partial charge in [-0.15, -0.1) is 0 Å². The highest BCUT2D eigenvalue weighted by Gasteiger charge is 2.01. The first-order chi connectivity index (χ1) is 6.35. The van der Waals surface area contributed by atoms with Crippen LogP contribution in [-0.2, 0) is 4.74 Å². The molecule has 2 heteroatoms. The van der Waals surface area contributed by atoms with Crippen LogP contribution in [0.3, 0.4) is 0 Å². The van der Waals surface area contributed by atoms with Gasteiger partial charge in [0.25, 0.3) is 0 Å². The maximum absolute atomic E-state index is 8.56. The average Bonchev–Trinajstić information content (AvgIpc) is 2.17. The number of unbranched alkanes of at least 4 members (excludes halogenated alkanes) is 3. The molecule has 0 aromatic rings. The van der Waals surface area contributed by atoms with Gasteiger partial charge in [-0.1, -0.05) is 26.7 Å². The van der Waals surface area contributed by atoms with Crippen molar-refractivity contribution in [3.63, 3.8) is 0 Å². The Bertz CT molecular complexity index is 90.1. The summed E-state index contributed by atoms with van der Waals surface area (Å²) in [6, 6.07) is 0. The fourth-order valence-electron chi connectivity index (χ4n) is 1.34. The summed E-state index contributed by atoms with van der Waals surface area (Å²) in [5.41, 5.74) is 0. The molecule has 0 spiro atoms. The number of hydrogen-bond donors (Lipinski definition) is 1. The fraction of sp³-hybridized carbons (Fsp3) is 1.00. The van der Waals surface area contributed by atoms with Gasteiger partial charge in [-0.25, -0.2) is 0 Å². The summed E-state index contributed by atoms with van der Waals surface area (Å²) in [6.07, 6.45) is 7.07. The van der Waals surface area contributed by atoms with Crippen molar-refractivity contribution in [2.45, 2.75) is 58.5 Å². The summed E-state index contributed by atoms with van der Waals surface area (Å²) < 4.78 is 5.66. The number of ether oxygens (including phenoxy) is 1. The standard InChI is InChI=1S/C11H24O2/c1-3-11(4-2)13-10-8-6-5-7-9-12/h11-12H,3-10H2,1-2H3. The lowest BCUT2D eigenvalue weighted by Gasteiger charge is -2.13. The zero-order valence-electron chi connectivity index (χ0n) is 9.09. The van der Waals surface area contributed by atoms with Crippen molar-refractivity contribution < 1.29 is 9.84 Å². The largest absolute Gasteiger partial charge is 0.396 e. The van der Waals surface area contributed by atoms with Crippen LogP contribution in [0, 0.1) is 0 Å². The third kappa shape index (κ3) is 8.26. The molecule has 0 aliphatic rings. The van der Waals surface area contributed by atoms with Crippen LogP contribution >= 0.6 is 0 Å². The van der Waals surface area contributed by atoms with E-state index in [0.717, 1.165) is 38.7 Å². The van der Waals surface area contributed by atoms with Crippen LogP contribution in [0.15, 0.2) is 0 Å². The zero-order chi connectivity index (χ0) is 9.94. The van der Waals surface area contributed by atoms with Crippen molar-refractivity contribution in [3.8, 4) is 0 Å². The number of hydrogen-bond acceptors (Lipinski definition) is 2. The Hall–Kier alpha value is -0.0800. The molecule has 0 atom stereocenters. The lowest BCUT2D eigenvalue weighted by atomic mass is 10.2. The molecule has 0 saturated heterocycles. The normalized spacial score (nSPS) is 11.1. The van der Waals surface area contributed by atoms with Gasteiger partial charge in [0.1, 0.15) is 0 Å². The van der Waals surface area contributed by atoms with Gasteiger partial charge in [0.2, 0.25) is 0 Å². The molecule has 0 heterocycles. The molecule has 80 valence electrons. The smallest absolute Gasteiger partial charge is 0.0569 e. The van der Waals surface area contributed by atoms with Crippen LogP contribution in [0.25, 0.3) is 0 Å². The van der Waals surface area contributed by atoms with Crippen LogP contribution < -0.4 is 0 Å². The second-order valence-electron chi connectivity index (χ2n) is 3.45. The molecule has 0 aliphatic heterocycles. The lowest BCUT2D eigenvalue weighted by Crippen LogP contribution is -2.10. The zero-order valence-corrected chi connectivity index (χ0v) is 9.09. The van der Waals surface area contributed by atoms with E-state index in [4.69, 9.17) is 9.84 Å². The Morgan fingerprint density at radius 2 is 1.62 bits per heavy atom. The number of aliphatic hydroxyl groups is 1.